The van der Waals surface area contributed by atoms with Crippen LogP contribution in [0.3, 0.4) is 0 Å². The van der Waals surface area contributed by atoms with Crippen molar-refractivity contribution in [2.45, 2.75) is 61.7 Å². The summed E-state index contributed by atoms with van der Waals surface area (Å²) in [5.74, 6) is -1.07. The Morgan fingerprint density at radius 1 is 1.02 bits per heavy atom. The number of β-lactam (4-membered cyclic amide) rings is 1. The quantitative estimate of drug-likeness (QED) is 0.0841. The number of carbonyl (C=O) groups excluding carboxylic acids is 4. The topological polar surface area (TPSA) is 167 Å². The number of ether oxygens (including phenoxy) is 3. The molecule has 0 saturated carbocycles. The molecule has 0 unspecified atom stereocenters. The van der Waals surface area contributed by atoms with Crippen LogP contribution in [0.4, 0.5) is 4.79 Å². The van der Waals surface area contributed by atoms with Crippen LogP contribution >= 0.6 is 34.9 Å². The number of carbonyl (C=O) groups is 4. The predicted octanol–water partition coefficient (Wildman–Crippen LogP) is 4.59. The molecule has 4 aromatic rings. The van der Waals surface area contributed by atoms with Gasteiger partial charge in [-0.15, -0.1) is 28.2 Å². The van der Waals surface area contributed by atoms with Crippen molar-refractivity contribution in [1.29, 1.82) is 0 Å². The minimum Gasteiger partial charge on any atom is -0.448 e. The molecule has 0 aliphatic carbocycles. The molecule has 0 radical (unpaired) electrons. The van der Waals surface area contributed by atoms with Gasteiger partial charge in [0.1, 0.15) is 16.7 Å². The second kappa shape index (κ2) is 16.1. The second-order valence-corrected chi connectivity index (χ2v) is 16.4. The molecule has 0 spiro atoms. The molecule has 6 rings (SSSR count). The molecule has 2 N–H and O–H groups in total. The summed E-state index contributed by atoms with van der Waals surface area (Å²) in [6, 6.07) is 22.4. The van der Waals surface area contributed by atoms with E-state index in [0.717, 1.165) is 20.9 Å². The van der Waals surface area contributed by atoms with Gasteiger partial charge in [0.05, 0.1) is 13.0 Å². The number of amides is 3. The van der Waals surface area contributed by atoms with Crippen molar-refractivity contribution in [3.05, 3.63) is 105 Å². The maximum absolute atomic E-state index is 14.4. The van der Waals surface area contributed by atoms with Crippen LogP contribution in [0.15, 0.2) is 89.2 Å². The van der Waals surface area contributed by atoms with Crippen molar-refractivity contribution in [3.63, 3.8) is 0 Å². The van der Waals surface area contributed by atoms with E-state index in [2.05, 4.69) is 26.2 Å². The van der Waals surface area contributed by atoms with Gasteiger partial charge in [-0.3, -0.25) is 14.5 Å². The summed E-state index contributed by atoms with van der Waals surface area (Å²) >= 11 is 4.06. The highest BCUT2D eigenvalue weighted by Crippen LogP contribution is 2.48. The molecule has 278 valence electrons. The Labute approximate surface area is 319 Å². The lowest BCUT2D eigenvalue weighted by atomic mass is 9.97. The number of rotatable bonds is 13. The number of aryl methyl sites for hydroxylation is 1. The van der Waals surface area contributed by atoms with Crippen LogP contribution in [0, 0.1) is 0 Å². The van der Waals surface area contributed by atoms with Gasteiger partial charge in [-0.1, -0.05) is 72.4 Å². The fourth-order valence-electron chi connectivity index (χ4n) is 5.78. The number of thioether (sulfide) groups is 2. The number of hydrogen-bond donors (Lipinski definition) is 2. The predicted molar refractivity (Wildman–Crippen MR) is 199 cm³/mol. The van der Waals surface area contributed by atoms with E-state index in [-0.39, 0.29) is 18.7 Å². The number of fused-ring (bicyclic) bond motifs is 1. The largest absolute Gasteiger partial charge is 0.448 e. The van der Waals surface area contributed by atoms with Crippen molar-refractivity contribution in [2.24, 2.45) is 7.05 Å². The number of aromatic nitrogens is 4. The summed E-state index contributed by atoms with van der Waals surface area (Å²) in [4.78, 5) is 57.0. The van der Waals surface area contributed by atoms with Crippen LogP contribution in [0.25, 0.3) is 0 Å². The van der Waals surface area contributed by atoms with E-state index in [1.54, 1.807) is 33.9 Å². The first-order valence-corrected chi connectivity index (χ1v) is 19.5. The Hall–Kier alpha value is -4.71. The fraction of sp³-hybridized carbons (Fsp3) is 0.361. The first-order chi connectivity index (χ1) is 25.4. The normalized spacial score (nSPS) is 18.3. The first kappa shape index (κ1) is 38.0. The fourth-order valence-corrected chi connectivity index (χ4v) is 9.16. The molecule has 1 saturated heterocycles. The van der Waals surface area contributed by atoms with Crippen molar-refractivity contribution < 1.29 is 33.4 Å². The zero-order valence-corrected chi connectivity index (χ0v) is 32.2. The Morgan fingerprint density at radius 3 is 2.28 bits per heavy atom. The van der Waals surface area contributed by atoms with Crippen LogP contribution < -0.4 is 10.6 Å². The summed E-state index contributed by atoms with van der Waals surface area (Å²) in [6.07, 6.45) is -1.31. The number of methoxy groups -OCH3 is 1. The summed E-state index contributed by atoms with van der Waals surface area (Å²) in [5, 5.41) is 17.0. The number of alkyl carbamates (subject to hydrolysis) is 1. The van der Waals surface area contributed by atoms with Gasteiger partial charge in [-0.25, -0.2) is 14.3 Å². The molecule has 2 aliphatic rings. The molecule has 53 heavy (non-hydrogen) atoms. The van der Waals surface area contributed by atoms with Crippen LogP contribution in [0.2, 0.25) is 0 Å². The minimum absolute atomic E-state index is 0.0267. The third kappa shape index (κ3) is 8.59. The molecule has 4 heterocycles. The maximum Gasteiger partial charge on any atom is 0.407 e. The van der Waals surface area contributed by atoms with E-state index < -0.39 is 46.7 Å². The van der Waals surface area contributed by atoms with E-state index in [1.807, 2.05) is 66.7 Å². The zero-order chi connectivity index (χ0) is 37.8. The highest BCUT2D eigenvalue weighted by atomic mass is 32.2. The van der Waals surface area contributed by atoms with E-state index >= 15 is 0 Å². The van der Waals surface area contributed by atoms with E-state index in [9.17, 15) is 19.2 Å². The van der Waals surface area contributed by atoms with Gasteiger partial charge < -0.3 is 24.8 Å². The van der Waals surface area contributed by atoms with E-state index in [4.69, 9.17) is 14.2 Å². The lowest BCUT2D eigenvalue weighted by Crippen LogP contribution is -2.80. The minimum atomic E-state index is -1.71. The first-order valence-electron chi connectivity index (χ1n) is 16.6. The second-order valence-electron chi connectivity index (χ2n) is 13.2. The van der Waals surface area contributed by atoms with Crippen LogP contribution in [-0.2, 0) is 48.6 Å². The van der Waals surface area contributed by atoms with Gasteiger partial charge >= 0.3 is 12.1 Å². The van der Waals surface area contributed by atoms with Crippen LogP contribution in [0.5, 0.6) is 0 Å². The number of esters is 1. The van der Waals surface area contributed by atoms with Gasteiger partial charge in [-0.05, 0) is 60.0 Å². The van der Waals surface area contributed by atoms with Gasteiger partial charge in [0.15, 0.2) is 6.10 Å². The Balaban J connectivity index is 1.21. The number of nitrogens with one attached hydrogen (secondary N) is 2. The summed E-state index contributed by atoms with van der Waals surface area (Å²) in [7, 11) is 3.07. The molecule has 2 aromatic carbocycles. The van der Waals surface area contributed by atoms with Crippen molar-refractivity contribution in [1.82, 2.24) is 35.7 Å². The summed E-state index contributed by atoms with van der Waals surface area (Å²) < 4.78 is 18.9. The van der Waals surface area contributed by atoms with Crippen molar-refractivity contribution >= 4 is 58.7 Å². The molecule has 17 heteroatoms. The standard InChI is InChI=1S/C36H39N7O7S3/c1-35(2,3)50-34(47)37-19-26-17-16-25(53-26)18-27(44)38-36(48-5)31(46)43-28(24(20-51-32(36)43)21-52-33-39-40-41-42(33)4)30(45)49-29(22-12-8-6-9-13-22)23-14-10-7-11-15-23/h6-17,29,32H,18-21H2,1-5H3,(H,37,47)(H,38,44)/t32-,36+/m1/s1. The van der Waals surface area contributed by atoms with Crippen LogP contribution in [0.1, 0.15) is 47.8 Å². The SMILES string of the molecule is CO[C@@]1(NC(=O)Cc2ccc(CNC(=O)OC(C)(C)C)s2)C(=O)N2C(C(=O)OC(c3ccccc3)c3ccccc3)=C(CSc3nnnn3C)CS[C@@H]21. The Kier molecular flexibility index (Phi) is 11.6. The smallest absolute Gasteiger partial charge is 0.407 e. The molecule has 2 atom stereocenters. The number of benzene rings is 2. The summed E-state index contributed by atoms with van der Waals surface area (Å²) in [6.45, 7) is 5.59. The monoisotopic (exact) mass is 777 g/mol. The third-order valence-corrected chi connectivity index (χ3v) is 11.8. The molecular weight excluding hydrogens is 739 g/mol. The Bertz CT molecular complexity index is 1960. The van der Waals surface area contributed by atoms with Gasteiger partial charge in [0, 0.05) is 35.4 Å². The number of tetrazole rings is 1. The molecule has 1 fully saturated rings. The lowest BCUT2D eigenvalue weighted by molar-refractivity contribution is -0.193. The molecule has 2 aliphatic heterocycles. The molecule has 14 nitrogen and oxygen atoms in total. The highest BCUT2D eigenvalue weighted by Gasteiger charge is 2.66. The lowest BCUT2D eigenvalue weighted by Gasteiger charge is -2.56. The molecule has 2 aromatic heterocycles. The zero-order valence-electron chi connectivity index (χ0n) is 29.7. The average molecular weight is 778 g/mol. The summed E-state index contributed by atoms with van der Waals surface area (Å²) in [5.41, 5.74) is -0.0527. The molecular formula is C36H39N7O7S3. The van der Waals surface area contributed by atoms with E-state index in [0.29, 0.717) is 22.2 Å². The molecule has 0 bridgehead atoms. The van der Waals surface area contributed by atoms with E-state index in [1.165, 1.54) is 51.6 Å². The number of thiophene rings is 1. The number of nitrogens with zero attached hydrogens (tertiary/aromatic N) is 5. The van der Waals surface area contributed by atoms with Crippen molar-refractivity contribution in [2.75, 3.05) is 18.6 Å². The van der Waals surface area contributed by atoms with Gasteiger partial charge in [0.25, 0.3) is 11.6 Å². The van der Waals surface area contributed by atoms with Crippen LogP contribution in [-0.4, -0.2) is 84.3 Å². The average Bonchev–Trinajstić information content (AvgIpc) is 3.78. The maximum atomic E-state index is 14.4. The highest BCUT2D eigenvalue weighted by molar-refractivity contribution is 8.01. The Morgan fingerprint density at radius 2 is 1.68 bits per heavy atom. The van der Waals surface area contributed by atoms with Gasteiger partial charge in [0.2, 0.25) is 11.1 Å². The third-order valence-electron chi connectivity index (χ3n) is 8.19. The molecule has 3 amide bonds. The van der Waals surface area contributed by atoms with Gasteiger partial charge in [-0.2, -0.15) is 0 Å². The number of hydrogen-bond acceptors (Lipinski definition) is 13. The van der Waals surface area contributed by atoms with Crippen molar-refractivity contribution in [3.8, 4) is 0 Å².